The second kappa shape index (κ2) is 16.4. The lowest BCUT2D eigenvalue weighted by molar-refractivity contribution is 0.752. The molecule has 12 aromatic carbocycles. The Morgan fingerprint density at radius 2 is 0.712 bits per heavy atom. The number of fused-ring (bicyclic) bond motifs is 14. The zero-order valence-corrected chi connectivity index (χ0v) is 40.5. The summed E-state index contributed by atoms with van der Waals surface area (Å²) in [4.78, 5) is 7.45. The Morgan fingerprint density at radius 3 is 1.25 bits per heavy atom. The number of thiophene rings is 1. The molecule has 4 heteroatoms. The van der Waals surface area contributed by atoms with Crippen LogP contribution in [-0.4, -0.2) is 0 Å². The van der Waals surface area contributed by atoms with E-state index in [-0.39, 0.29) is 0 Å². The molecule has 0 amide bonds. The van der Waals surface area contributed by atoms with Crippen LogP contribution in [0.4, 0.5) is 51.2 Å². The summed E-state index contributed by atoms with van der Waals surface area (Å²) in [7, 11) is 0. The standard InChI is InChI=1S/C69H45N3S/c1-5-25-48(26-6-1)70(49-27-7-2-8-28-49)65-53-33-15-13-23-46(53)43-57-58-44-47-24-14-16-34-54(47)66(68(58)73-67(57)65)71(50-29-9-3-10-30-50)52-41-42-60-56(45-52)55-35-17-18-36-59(55)69(60)61-37-19-21-39-63(61)72(51-31-11-4-12-32-51)64-40-22-20-38-62(64)69/h1-45H. The normalized spacial score (nSPS) is 13.0. The van der Waals surface area contributed by atoms with Gasteiger partial charge >= 0.3 is 0 Å². The lowest BCUT2D eigenvalue weighted by Gasteiger charge is -2.45. The Morgan fingerprint density at radius 1 is 0.301 bits per heavy atom. The van der Waals surface area contributed by atoms with E-state index in [1.807, 2.05) is 11.3 Å². The average molecular weight is 948 g/mol. The van der Waals surface area contributed by atoms with Crippen LogP contribution in [0.15, 0.2) is 273 Å². The summed E-state index contributed by atoms with van der Waals surface area (Å²) in [5.74, 6) is 0. The molecule has 2 aliphatic rings. The van der Waals surface area contributed by atoms with Crippen molar-refractivity contribution in [3.05, 3.63) is 295 Å². The molecule has 1 aliphatic carbocycles. The molecule has 0 saturated carbocycles. The zero-order valence-electron chi connectivity index (χ0n) is 39.7. The second-order valence-corrected chi connectivity index (χ2v) is 20.2. The van der Waals surface area contributed by atoms with Crippen LogP contribution in [0.1, 0.15) is 22.3 Å². The highest BCUT2D eigenvalue weighted by atomic mass is 32.1. The number of nitrogens with zero attached hydrogens (tertiary/aromatic N) is 3. The van der Waals surface area contributed by atoms with E-state index in [2.05, 4.69) is 288 Å². The molecule has 3 nitrogen and oxygen atoms in total. The molecule has 1 spiro atoms. The molecule has 13 aromatic rings. The van der Waals surface area contributed by atoms with E-state index >= 15 is 0 Å². The van der Waals surface area contributed by atoms with E-state index in [1.165, 1.54) is 97.8 Å². The third kappa shape index (κ3) is 6.11. The maximum absolute atomic E-state index is 2.54. The largest absolute Gasteiger partial charge is 0.310 e. The van der Waals surface area contributed by atoms with Crippen molar-refractivity contribution in [2.45, 2.75) is 5.41 Å². The van der Waals surface area contributed by atoms with Gasteiger partial charge in [-0.05, 0) is 129 Å². The van der Waals surface area contributed by atoms with Gasteiger partial charge in [0.15, 0.2) is 0 Å². The van der Waals surface area contributed by atoms with Gasteiger partial charge in [-0.15, -0.1) is 11.3 Å². The van der Waals surface area contributed by atoms with E-state index in [1.54, 1.807) is 0 Å². The number of rotatable bonds is 7. The Kier molecular flexibility index (Phi) is 9.35. The molecule has 2 heterocycles. The van der Waals surface area contributed by atoms with Crippen molar-refractivity contribution in [2.75, 3.05) is 14.7 Å². The van der Waals surface area contributed by atoms with Crippen LogP contribution >= 0.6 is 11.3 Å². The van der Waals surface area contributed by atoms with Crippen LogP contribution in [0.5, 0.6) is 0 Å². The van der Waals surface area contributed by atoms with Gasteiger partial charge in [0.05, 0.1) is 37.6 Å². The average Bonchev–Trinajstić information content (AvgIpc) is 3.98. The fourth-order valence-corrected chi connectivity index (χ4v) is 13.8. The molecule has 0 saturated heterocycles. The minimum absolute atomic E-state index is 0.555. The maximum atomic E-state index is 2.54. The van der Waals surface area contributed by atoms with E-state index in [4.69, 9.17) is 0 Å². The van der Waals surface area contributed by atoms with Gasteiger partial charge in [-0.25, -0.2) is 0 Å². The highest BCUT2D eigenvalue weighted by Crippen LogP contribution is 2.64. The summed E-state index contributed by atoms with van der Waals surface area (Å²) in [5.41, 5.74) is 17.4. The monoisotopic (exact) mass is 947 g/mol. The first-order valence-electron chi connectivity index (χ1n) is 25.1. The molecule has 1 aromatic heterocycles. The van der Waals surface area contributed by atoms with Gasteiger partial charge in [0.25, 0.3) is 0 Å². The summed E-state index contributed by atoms with van der Waals surface area (Å²) < 4.78 is 2.48. The molecule has 15 rings (SSSR count). The summed E-state index contributed by atoms with van der Waals surface area (Å²) in [6.45, 7) is 0. The van der Waals surface area contributed by atoms with Crippen molar-refractivity contribution in [1.29, 1.82) is 0 Å². The van der Waals surface area contributed by atoms with Gasteiger partial charge in [-0.3, -0.25) is 0 Å². The summed E-state index contributed by atoms with van der Waals surface area (Å²) in [6.07, 6.45) is 0. The van der Waals surface area contributed by atoms with Gasteiger partial charge in [0.2, 0.25) is 0 Å². The Hall–Kier alpha value is -9.22. The molecule has 0 N–H and O–H groups in total. The number of hydrogen-bond donors (Lipinski definition) is 0. The molecule has 342 valence electrons. The molecule has 0 atom stereocenters. The van der Waals surface area contributed by atoms with Crippen molar-refractivity contribution in [2.24, 2.45) is 0 Å². The second-order valence-electron chi connectivity index (χ2n) is 19.2. The maximum Gasteiger partial charge on any atom is 0.0754 e. The van der Waals surface area contributed by atoms with Crippen molar-refractivity contribution in [1.82, 2.24) is 0 Å². The van der Waals surface area contributed by atoms with E-state index < -0.39 is 5.41 Å². The van der Waals surface area contributed by atoms with Crippen LogP contribution in [0.25, 0.3) is 52.8 Å². The van der Waals surface area contributed by atoms with Crippen molar-refractivity contribution < 1.29 is 0 Å². The third-order valence-electron chi connectivity index (χ3n) is 15.3. The van der Waals surface area contributed by atoms with Crippen LogP contribution in [0, 0.1) is 0 Å². The summed E-state index contributed by atoms with van der Waals surface area (Å²) >= 11 is 1.91. The third-order valence-corrected chi connectivity index (χ3v) is 16.6. The first-order chi connectivity index (χ1) is 36.3. The van der Waals surface area contributed by atoms with Gasteiger partial charge < -0.3 is 14.7 Å². The van der Waals surface area contributed by atoms with Crippen LogP contribution < -0.4 is 14.7 Å². The predicted molar refractivity (Wildman–Crippen MR) is 309 cm³/mol. The zero-order chi connectivity index (χ0) is 48.0. The fraction of sp³-hybridized carbons (Fsp3) is 0.0145. The van der Waals surface area contributed by atoms with Crippen molar-refractivity contribution in [3.8, 4) is 11.1 Å². The molecule has 73 heavy (non-hydrogen) atoms. The predicted octanol–water partition coefficient (Wildman–Crippen LogP) is 19.4. The minimum Gasteiger partial charge on any atom is -0.310 e. The summed E-state index contributed by atoms with van der Waals surface area (Å²) in [6, 6.07) is 101. The molecule has 0 radical (unpaired) electrons. The molecule has 0 fully saturated rings. The first kappa shape index (κ1) is 41.6. The van der Waals surface area contributed by atoms with Crippen molar-refractivity contribution >= 4 is 104 Å². The summed E-state index contributed by atoms with van der Waals surface area (Å²) in [5, 5.41) is 7.31. The van der Waals surface area contributed by atoms with E-state index in [0.29, 0.717) is 0 Å². The van der Waals surface area contributed by atoms with Gasteiger partial charge in [-0.1, -0.05) is 188 Å². The van der Waals surface area contributed by atoms with Gasteiger partial charge in [0, 0.05) is 50.0 Å². The van der Waals surface area contributed by atoms with Gasteiger partial charge in [0.1, 0.15) is 0 Å². The topological polar surface area (TPSA) is 9.72 Å². The molecule has 1 aliphatic heterocycles. The Balaban J connectivity index is 1.02. The van der Waals surface area contributed by atoms with E-state index in [9.17, 15) is 0 Å². The van der Waals surface area contributed by atoms with Crippen LogP contribution in [-0.2, 0) is 5.41 Å². The number of anilines is 9. The highest BCUT2D eigenvalue weighted by Gasteiger charge is 2.51. The fourth-order valence-electron chi connectivity index (χ4n) is 12.4. The number of benzene rings is 12. The first-order valence-corrected chi connectivity index (χ1v) is 25.9. The number of hydrogen-bond acceptors (Lipinski definition) is 4. The lowest BCUT2D eigenvalue weighted by atomic mass is 9.64. The SMILES string of the molecule is c1ccc(N2c3ccccc3C3(c4ccccc4-c4cc(N(c5ccccc5)c5c6ccccc6cc6c5sc5c(N(c7ccccc7)c7ccccc7)c7ccccc7cc56)ccc43)c3ccccc32)cc1. The van der Waals surface area contributed by atoms with Crippen molar-refractivity contribution in [3.63, 3.8) is 0 Å². The van der Waals surface area contributed by atoms with Gasteiger partial charge in [-0.2, -0.15) is 0 Å². The molecular weight excluding hydrogens is 903 g/mol. The quantitative estimate of drug-likeness (QED) is 0.158. The molecule has 0 bridgehead atoms. The van der Waals surface area contributed by atoms with Crippen LogP contribution in [0.3, 0.4) is 0 Å². The van der Waals surface area contributed by atoms with Crippen LogP contribution in [0.2, 0.25) is 0 Å². The minimum atomic E-state index is -0.555. The molecular formula is C69H45N3S. The number of para-hydroxylation sites is 6. The van der Waals surface area contributed by atoms with E-state index in [0.717, 1.165) is 28.4 Å². The lowest BCUT2D eigenvalue weighted by Crippen LogP contribution is -2.36. The Bertz CT molecular complexity index is 4190. The Labute approximate surface area is 428 Å². The smallest absolute Gasteiger partial charge is 0.0754 e. The molecule has 0 unspecified atom stereocenters. The highest BCUT2D eigenvalue weighted by molar-refractivity contribution is 7.27.